The molecule has 2 aromatic carbocycles. The number of hydrogen-bond acceptors (Lipinski definition) is 3. The fourth-order valence-corrected chi connectivity index (χ4v) is 2.81. The Hall–Kier alpha value is -1.65. The maximum atomic E-state index is 11.7. The lowest BCUT2D eigenvalue weighted by atomic mass is 10.1. The van der Waals surface area contributed by atoms with Gasteiger partial charge in [0.25, 0.3) is 0 Å². The molecule has 0 saturated heterocycles. The monoisotopic (exact) mass is 347 g/mol. The highest BCUT2D eigenvalue weighted by atomic mass is 79.9. The molecule has 1 N–H and O–H groups in total. The van der Waals surface area contributed by atoms with Crippen molar-refractivity contribution in [2.45, 2.75) is 19.5 Å². The Balaban J connectivity index is 2.10. The molecule has 0 spiro atoms. The Morgan fingerprint density at radius 2 is 1.86 bits per heavy atom. The summed E-state index contributed by atoms with van der Waals surface area (Å²) in [6, 6.07) is 15.8. The molecule has 0 fully saturated rings. The number of hydrogen-bond donors (Lipinski definition) is 1. The van der Waals surface area contributed by atoms with E-state index in [1.54, 1.807) is 6.07 Å². The summed E-state index contributed by atoms with van der Waals surface area (Å²) in [5.41, 5.74) is 2.73. The summed E-state index contributed by atoms with van der Waals surface area (Å²) in [6.45, 7) is 2.70. The lowest BCUT2D eigenvalue weighted by molar-refractivity contribution is 0.0599. The topological polar surface area (TPSA) is 38.3 Å². The summed E-state index contributed by atoms with van der Waals surface area (Å²) in [5, 5.41) is 3.44. The number of methoxy groups -OCH3 is 1. The van der Waals surface area contributed by atoms with Gasteiger partial charge in [-0.05, 0) is 30.2 Å². The van der Waals surface area contributed by atoms with Crippen molar-refractivity contribution in [3.05, 3.63) is 69.7 Å². The van der Waals surface area contributed by atoms with Gasteiger partial charge >= 0.3 is 5.97 Å². The number of benzene rings is 2. The molecule has 0 aliphatic heterocycles. The van der Waals surface area contributed by atoms with Crippen molar-refractivity contribution in [1.29, 1.82) is 0 Å². The second-order valence-corrected chi connectivity index (χ2v) is 5.63. The van der Waals surface area contributed by atoms with E-state index in [2.05, 4.69) is 34.2 Å². The van der Waals surface area contributed by atoms with Crippen LogP contribution in [0.5, 0.6) is 0 Å². The molecular formula is C17H18BrNO2. The van der Waals surface area contributed by atoms with E-state index in [1.165, 1.54) is 12.7 Å². The standard InChI is InChI=1S/C17H18BrNO2/c1-12(14-8-5-6-10-16(14)18)19-11-13-7-3-4-9-15(13)17(20)21-2/h3-10,12,19H,11H2,1-2H3/t12-/m0/s1. The minimum Gasteiger partial charge on any atom is -0.465 e. The Morgan fingerprint density at radius 3 is 2.57 bits per heavy atom. The zero-order valence-corrected chi connectivity index (χ0v) is 13.7. The maximum Gasteiger partial charge on any atom is 0.338 e. The number of esters is 1. The predicted octanol–water partition coefficient (Wildman–Crippen LogP) is 4.09. The van der Waals surface area contributed by atoms with Gasteiger partial charge < -0.3 is 10.1 Å². The highest BCUT2D eigenvalue weighted by Gasteiger charge is 2.13. The van der Waals surface area contributed by atoms with Crippen LogP contribution in [0.1, 0.15) is 34.5 Å². The molecule has 0 aliphatic rings. The summed E-state index contributed by atoms with van der Waals surface area (Å²) >= 11 is 3.56. The van der Waals surface area contributed by atoms with Crippen molar-refractivity contribution < 1.29 is 9.53 Å². The van der Waals surface area contributed by atoms with E-state index >= 15 is 0 Å². The van der Waals surface area contributed by atoms with Crippen LogP contribution < -0.4 is 5.32 Å². The van der Waals surface area contributed by atoms with E-state index in [0.717, 1.165) is 10.0 Å². The normalized spacial score (nSPS) is 12.0. The lowest BCUT2D eigenvalue weighted by Gasteiger charge is -2.17. The summed E-state index contributed by atoms with van der Waals surface area (Å²) in [4.78, 5) is 11.7. The third kappa shape index (κ3) is 3.93. The van der Waals surface area contributed by atoms with Gasteiger partial charge in [0.15, 0.2) is 0 Å². The van der Waals surface area contributed by atoms with Gasteiger partial charge in [0, 0.05) is 17.1 Å². The molecule has 3 nitrogen and oxygen atoms in total. The minimum absolute atomic E-state index is 0.172. The van der Waals surface area contributed by atoms with Crippen LogP contribution in [0.25, 0.3) is 0 Å². The summed E-state index contributed by atoms with van der Waals surface area (Å²) in [6.07, 6.45) is 0. The van der Waals surface area contributed by atoms with Crippen LogP contribution in [-0.4, -0.2) is 13.1 Å². The lowest BCUT2D eigenvalue weighted by Crippen LogP contribution is -2.20. The average molecular weight is 348 g/mol. The van der Waals surface area contributed by atoms with Crippen molar-refractivity contribution in [3.8, 4) is 0 Å². The van der Waals surface area contributed by atoms with E-state index in [0.29, 0.717) is 12.1 Å². The molecule has 0 heterocycles. The fourth-order valence-electron chi connectivity index (χ4n) is 2.18. The van der Waals surface area contributed by atoms with Gasteiger partial charge in [-0.2, -0.15) is 0 Å². The van der Waals surface area contributed by atoms with Crippen LogP contribution in [0.15, 0.2) is 53.0 Å². The molecule has 0 saturated carbocycles. The van der Waals surface area contributed by atoms with Gasteiger partial charge in [0.2, 0.25) is 0 Å². The molecule has 21 heavy (non-hydrogen) atoms. The molecule has 0 radical (unpaired) electrons. The van der Waals surface area contributed by atoms with Crippen molar-refractivity contribution >= 4 is 21.9 Å². The third-order valence-corrected chi connectivity index (χ3v) is 4.12. The summed E-state index contributed by atoms with van der Waals surface area (Å²) in [5.74, 6) is -0.305. The molecule has 0 aliphatic carbocycles. The number of carbonyl (C=O) groups is 1. The van der Waals surface area contributed by atoms with E-state index < -0.39 is 0 Å². The van der Waals surface area contributed by atoms with Crippen molar-refractivity contribution in [2.75, 3.05) is 7.11 Å². The molecular weight excluding hydrogens is 330 g/mol. The molecule has 4 heteroatoms. The Morgan fingerprint density at radius 1 is 1.19 bits per heavy atom. The van der Waals surface area contributed by atoms with Crippen molar-refractivity contribution in [2.24, 2.45) is 0 Å². The van der Waals surface area contributed by atoms with Crippen molar-refractivity contribution in [1.82, 2.24) is 5.32 Å². The van der Waals surface area contributed by atoms with E-state index in [4.69, 9.17) is 4.74 Å². The SMILES string of the molecule is COC(=O)c1ccccc1CN[C@@H](C)c1ccccc1Br. The van der Waals surface area contributed by atoms with Crippen LogP contribution in [0, 0.1) is 0 Å². The second kappa shape index (κ2) is 7.38. The first kappa shape index (κ1) is 15.7. The van der Waals surface area contributed by atoms with Crippen LogP contribution in [0.4, 0.5) is 0 Å². The Labute approximate surface area is 133 Å². The first-order chi connectivity index (χ1) is 10.1. The van der Waals surface area contributed by atoms with Crippen LogP contribution in [0.2, 0.25) is 0 Å². The van der Waals surface area contributed by atoms with E-state index in [9.17, 15) is 4.79 Å². The fraction of sp³-hybridized carbons (Fsp3) is 0.235. The Kier molecular flexibility index (Phi) is 5.53. The molecule has 0 unspecified atom stereocenters. The van der Waals surface area contributed by atoms with Gasteiger partial charge in [-0.3, -0.25) is 0 Å². The molecule has 2 rings (SSSR count). The van der Waals surface area contributed by atoms with Crippen LogP contribution in [-0.2, 0) is 11.3 Å². The molecule has 110 valence electrons. The third-order valence-electron chi connectivity index (χ3n) is 3.39. The van der Waals surface area contributed by atoms with Gasteiger partial charge in [0.1, 0.15) is 0 Å². The van der Waals surface area contributed by atoms with Gasteiger partial charge in [0.05, 0.1) is 12.7 Å². The average Bonchev–Trinajstić information content (AvgIpc) is 2.52. The smallest absolute Gasteiger partial charge is 0.338 e. The van der Waals surface area contributed by atoms with E-state index in [1.807, 2.05) is 36.4 Å². The van der Waals surface area contributed by atoms with Crippen LogP contribution in [0.3, 0.4) is 0 Å². The zero-order chi connectivity index (χ0) is 15.2. The van der Waals surface area contributed by atoms with Gasteiger partial charge in [-0.25, -0.2) is 4.79 Å². The zero-order valence-electron chi connectivity index (χ0n) is 12.1. The molecule has 1 atom stereocenters. The summed E-state index contributed by atoms with van der Waals surface area (Å²) in [7, 11) is 1.40. The number of rotatable bonds is 5. The first-order valence-corrected chi connectivity index (χ1v) is 7.56. The molecule has 2 aromatic rings. The minimum atomic E-state index is -0.305. The highest BCUT2D eigenvalue weighted by molar-refractivity contribution is 9.10. The second-order valence-electron chi connectivity index (χ2n) is 4.77. The number of halogens is 1. The number of ether oxygens (including phenoxy) is 1. The summed E-state index contributed by atoms with van der Waals surface area (Å²) < 4.78 is 5.89. The Bertz CT molecular complexity index is 628. The van der Waals surface area contributed by atoms with Gasteiger partial charge in [-0.15, -0.1) is 0 Å². The van der Waals surface area contributed by atoms with E-state index in [-0.39, 0.29) is 12.0 Å². The predicted molar refractivity (Wildman–Crippen MR) is 87.2 cm³/mol. The van der Waals surface area contributed by atoms with Crippen LogP contribution >= 0.6 is 15.9 Å². The molecule has 0 bridgehead atoms. The van der Waals surface area contributed by atoms with Crippen molar-refractivity contribution in [3.63, 3.8) is 0 Å². The van der Waals surface area contributed by atoms with Gasteiger partial charge in [-0.1, -0.05) is 52.3 Å². The first-order valence-electron chi connectivity index (χ1n) is 6.77. The largest absolute Gasteiger partial charge is 0.465 e. The highest BCUT2D eigenvalue weighted by Crippen LogP contribution is 2.23. The number of carbonyl (C=O) groups excluding carboxylic acids is 1. The molecule has 0 aromatic heterocycles. The quantitative estimate of drug-likeness (QED) is 0.828. The molecule has 0 amide bonds. The maximum absolute atomic E-state index is 11.7. The number of nitrogens with one attached hydrogen (secondary N) is 1.